The number of hydrogen-bond acceptors (Lipinski definition) is 3. The lowest BCUT2D eigenvalue weighted by molar-refractivity contribution is -0.887. The number of unbranched alkanes of at least 4 members (excludes halogenated alkanes) is 5. The average Bonchev–Trinajstić information content (AvgIpc) is 2.38. The largest absolute Gasteiger partial charge is 0.477 e. The zero-order valence-corrected chi connectivity index (χ0v) is 14.6. The lowest BCUT2D eigenvalue weighted by Crippen LogP contribution is -2.49. The van der Waals surface area contributed by atoms with Crippen LogP contribution in [0.3, 0.4) is 0 Å². The molecule has 1 unspecified atom stereocenters. The van der Waals surface area contributed by atoms with Crippen LogP contribution in [0.5, 0.6) is 0 Å². The van der Waals surface area contributed by atoms with Crippen molar-refractivity contribution in [3.05, 3.63) is 12.2 Å². The minimum absolute atomic E-state index is 0.319. The zero-order valence-electron chi connectivity index (χ0n) is 14.6. The predicted octanol–water partition coefficient (Wildman–Crippen LogP) is 3.00. The number of likely N-dealkylation sites (N-methyl/N-ethyl adjacent to an activating group) is 1. The number of carboxylic acids is 1. The Labute approximate surface area is 134 Å². The van der Waals surface area contributed by atoms with Crippen molar-refractivity contribution in [2.45, 2.75) is 57.9 Å². The fourth-order valence-corrected chi connectivity index (χ4v) is 2.28. The van der Waals surface area contributed by atoms with Crippen molar-refractivity contribution in [2.75, 3.05) is 27.7 Å². The highest BCUT2D eigenvalue weighted by Gasteiger charge is 2.30. The second-order valence-corrected chi connectivity index (χ2v) is 6.80. The van der Waals surface area contributed by atoms with E-state index in [0.717, 1.165) is 44.9 Å². The van der Waals surface area contributed by atoms with Crippen LogP contribution in [-0.4, -0.2) is 55.3 Å². The molecule has 0 fully saturated rings. The van der Waals surface area contributed by atoms with Crippen molar-refractivity contribution in [2.24, 2.45) is 0 Å². The Morgan fingerprint density at radius 2 is 1.55 bits per heavy atom. The smallest absolute Gasteiger partial charge is 0.362 e. The van der Waals surface area contributed by atoms with Crippen LogP contribution >= 0.6 is 0 Å². The van der Waals surface area contributed by atoms with Crippen LogP contribution in [0.25, 0.3) is 0 Å². The van der Waals surface area contributed by atoms with Crippen molar-refractivity contribution in [1.82, 2.24) is 0 Å². The van der Waals surface area contributed by atoms with Gasteiger partial charge >= 0.3 is 11.9 Å². The quantitative estimate of drug-likeness (QED) is 0.260. The van der Waals surface area contributed by atoms with E-state index in [2.05, 4.69) is 6.58 Å². The van der Waals surface area contributed by atoms with Crippen molar-refractivity contribution >= 4 is 11.9 Å². The number of esters is 1. The molecule has 0 saturated carbocycles. The van der Waals surface area contributed by atoms with Gasteiger partial charge in [0, 0.05) is 12.0 Å². The molecule has 0 bridgehead atoms. The van der Waals surface area contributed by atoms with Crippen molar-refractivity contribution in [3.8, 4) is 0 Å². The topological polar surface area (TPSA) is 63.6 Å². The molecule has 0 heterocycles. The molecule has 0 saturated heterocycles. The summed E-state index contributed by atoms with van der Waals surface area (Å²) in [4.78, 5) is 22.4. The van der Waals surface area contributed by atoms with Crippen LogP contribution in [0.1, 0.15) is 51.9 Å². The SMILES string of the molecule is C=C(C)C(=O)OCCCCCCCCC(C(=O)O)[N+](C)(C)C. The van der Waals surface area contributed by atoms with Crippen molar-refractivity contribution in [3.63, 3.8) is 0 Å². The van der Waals surface area contributed by atoms with Gasteiger partial charge in [0.2, 0.25) is 0 Å². The molecule has 0 aliphatic heterocycles. The molecular formula is C17H32NO4+. The average molecular weight is 314 g/mol. The van der Waals surface area contributed by atoms with E-state index in [9.17, 15) is 14.7 Å². The number of aliphatic carboxylic acids is 1. The number of carbonyl (C=O) groups excluding carboxylic acids is 1. The van der Waals surface area contributed by atoms with Gasteiger partial charge in [0.25, 0.3) is 0 Å². The molecule has 0 rings (SSSR count). The van der Waals surface area contributed by atoms with Crippen molar-refractivity contribution in [1.29, 1.82) is 0 Å². The Hall–Kier alpha value is -1.36. The summed E-state index contributed by atoms with van der Waals surface area (Å²) < 4.78 is 5.48. The summed E-state index contributed by atoms with van der Waals surface area (Å²) in [5.41, 5.74) is 0.435. The monoisotopic (exact) mass is 314 g/mol. The molecular weight excluding hydrogens is 282 g/mol. The Bertz CT molecular complexity index is 371. The van der Waals surface area contributed by atoms with Crippen LogP contribution in [-0.2, 0) is 14.3 Å². The van der Waals surface area contributed by atoms with E-state index in [1.807, 2.05) is 21.1 Å². The first-order valence-electron chi connectivity index (χ1n) is 8.02. The maximum absolute atomic E-state index is 11.2. The highest BCUT2D eigenvalue weighted by atomic mass is 16.5. The van der Waals surface area contributed by atoms with Gasteiger partial charge < -0.3 is 14.3 Å². The van der Waals surface area contributed by atoms with E-state index in [1.54, 1.807) is 6.92 Å². The number of quaternary nitrogens is 1. The molecule has 0 radical (unpaired) electrons. The van der Waals surface area contributed by atoms with E-state index in [1.165, 1.54) is 0 Å². The molecule has 1 atom stereocenters. The van der Waals surface area contributed by atoms with Crippen LogP contribution in [0.2, 0.25) is 0 Å². The number of nitrogens with zero attached hydrogens (tertiary/aromatic N) is 1. The van der Waals surface area contributed by atoms with E-state index < -0.39 is 5.97 Å². The number of carboxylic acid groups (broad SMARTS) is 1. The van der Waals surface area contributed by atoms with E-state index in [-0.39, 0.29) is 12.0 Å². The number of hydrogen-bond donors (Lipinski definition) is 1. The number of rotatable bonds is 12. The summed E-state index contributed by atoms with van der Waals surface area (Å²) in [6, 6.07) is -0.332. The minimum Gasteiger partial charge on any atom is -0.477 e. The van der Waals surface area contributed by atoms with E-state index in [0.29, 0.717) is 16.7 Å². The molecule has 0 aliphatic rings. The van der Waals surface area contributed by atoms with Gasteiger partial charge in [-0.3, -0.25) is 0 Å². The second kappa shape index (κ2) is 10.4. The normalized spacial score (nSPS) is 12.7. The van der Waals surface area contributed by atoms with Gasteiger partial charge in [-0.05, 0) is 19.8 Å². The fraction of sp³-hybridized carbons (Fsp3) is 0.765. The summed E-state index contributed by atoms with van der Waals surface area (Å²) >= 11 is 0. The molecule has 0 aromatic rings. The first kappa shape index (κ1) is 20.6. The maximum atomic E-state index is 11.2. The maximum Gasteiger partial charge on any atom is 0.362 e. The fourth-order valence-electron chi connectivity index (χ4n) is 2.28. The lowest BCUT2D eigenvalue weighted by atomic mass is 10.0. The van der Waals surface area contributed by atoms with Gasteiger partial charge in [-0.2, -0.15) is 0 Å². The lowest BCUT2D eigenvalue weighted by Gasteiger charge is -2.31. The summed E-state index contributed by atoms with van der Waals surface area (Å²) in [5.74, 6) is -1.04. The molecule has 0 aromatic heterocycles. The Balaban J connectivity index is 3.60. The first-order valence-corrected chi connectivity index (χ1v) is 8.02. The Morgan fingerprint density at radius 3 is 2.00 bits per heavy atom. The van der Waals surface area contributed by atoms with Gasteiger partial charge in [-0.25, -0.2) is 9.59 Å². The molecule has 5 heteroatoms. The summed E-state index contributed by atoms with van der Waals surface area (Å²) in [7, 11) is 5.77. The zero-order chi connectivity index (χ0) is 17.2. The van der Waals surface area contributed by atoms with Crippen molar-refractivity contribution < 1.29 is 23.9 Å². The highest BCUT2D eigenvalue weighted by molar-refractivity contribution is 5.86. The summed E-state index contributed by atoms with van der Waals surface area (Å²) in [6.45, 7) is 5.62. The van der Waals surface area contributed by atoms with Gasteiger partial charge in [0.1, 0.15) is 0 Å². The Morgan fingerprint density at radius 1 is 1.05 bits per heavy atom. The Kier molecular flexibility index (Phi) is 9.74. The van der Waals surface area contributed by atoms with E-state index >= 15 is 0 Å². The van der Waals surface area contributed by atoms with Gasteiger partial charge in [0.05, 0.1) is 27.7 Å². The molecule has 0 spiro atoms. The van der Waals surface area contributed by atoms with Crippen LogP contribution in [0.4, 0.5) is 0 Å². The third-order valence-corrected chi connectivity index (χ3v) is 3.67. The predicted molar refractivity (Wildman–Crippen MR) is 87.5 cm³/mol. The van der Waals surface area contributed by atoms with Gasteiger partial charge in [-0.1, -0.05) is 32.3 Å². The molecule has 5 nitrogen and oxygen atoms in total. The molecule has 0 aromatic carbocycles. The number of carbonyl (C=O) groups is 2. The minimum atomic E-state index is -0.716. The standard InChI is InChI=1S/C17H31NO4/c1-14(2)17(21)22-13-11-9-7-6-8-10-12-15(16(19)20)18(3,4)5/h15H,1,6-13H2,2-5H3/p+1. The molecule has 128 valence electrons. The molecule has 0 aliphatic carbocycles. The first-order chi connectivity index (χ1) is 10.2. The van der Waals surface area contributed by atoms with Crippen LogP contribution < -0.4 is 0 Å². The molecule has 22 heavy (non-hydrogen) atoms. The second-order valence-electron chi connectivity index (χ2n) is 6.80. The molecule has 0 amide bonds. The molecule has 1 N–H and O–H groups in total. The third kappa shape index (κ3) is 9.55. The van der Waals surface area contributed by atoms with E-state index in [4.69, 9.17) is 4.74 Å². The number of ether oxygens (including phenoxy) is 1. The summed E-state index contributed by atoms with van der Waals surface area (Å²) in [6.07, 6.45) is 6.79. The summed E-state index contributed by atoms with van der Waals surface area (Å²) in [5, 5.41) is 9.23. The van der Waals surface area contributed by atoms with Gasteiger partial charge in [0.15, 0.2) is 6.04 Å². The third-order valence-electron chi connectivity index (χ3n) is 3.67. The van der Waals surface area contributed by atoms with Crippen LogP contribution in [0.15, 0.2) is 12.2 Å². The van der Waals surface area contributed by atoms with Crippen LogP contribution in [0, 0.1) is 0 Å². The highest BCUT2D eigenvalue weighted by Crippen LogP contribution is 2.14. The van der Waals surface area contributed by atoms with Gasteiger partial charge in [-0.15, -0.1) is 0 Å².